The minimum atomic E-state index is -0.635. The molecular formula is C17H18FNO. The molecular weight excluding hydrogens is 253 g/mol. The first-order valence-electron chi connectivity index (χ1n) is 6.86. The lowest BCUT2D eigenvalue weighted by atomic mass is 9.73. The first-order valence-corrected chi connectivity index (χ1v) is 6.86. The standard InChI is InChI=1S/C17H18FNO/c1-20-15-8-7-12-4-3-9-17(19,16(12)11-15)13-5-2-6-14(18)10-13/h2,5-8,10-11H,3-4,9,19H2,1H3. The zero-order valence-electron chi connectivity index (χ0n) is 11.5. The summed E-state index contributed by atoms with van der Waals surface area (Å²) in [5.74, 6) is 0.541. The monoisotopic (exact) mass is 271 g/mol. The molecule has 1 aliphatic rings. The van der Waals surface area contributed by atoms with Crippen LogP contribution in [0.3, 0.4) is 0 Å². The highest BCUT2D eigenvalue weighted by Gasteiger charge is 2.34. The zero-order valence-corrected chi connectivity index (χ0v) is 11.5. The number of aryl methyl sites for hydroxylation is 1. The molecule has 0 aromatic heterocycles. The predicted octanol–water partition coefficient (Wildman–Crippen LogP) is 3.37. The zero-order chi connectivity index (χ0) is 14.2. The Morgan fingerprint density at radius 1 is 1.20 bits per heavy atom. The first kappa shape index (κ1) is 13.1. The Bertz CT molecular complexity index is 641. The third-order valence-corrected chi connectivity index (χ3v) is 4.15. The van der Waals surface area contributed by atoms with Crippen molar-refractivity contribution in [2.45, 2.75) is 24.8 Å². The maximum absolute atomic E-state index is 13.5. The molecule has 0 heterocycles. The van der Waals surface area contributed by atoms with E-state index in [4.69, 9.17) is 10.5 Å². The van der Waals surface area contributed by atoms with Crippen LogP contribution in [0.15, 0.2) is 42.5 Å². The van der Waals surface area contributed by atoms with Crippen LogP contribution in [-0.2, 0) is 12.0 Å². The van der Waals surface area contributed by atoms with Gasteiger partial charge in [0.15, 0.2) is 0 Å². The average Bonchev–Trinajstić information content (AvgIpc) is 2.47. The van der Waals surface area contributed by atoms with Crippen LogP contribution >= 0.6 is 0 Å². The SMILES string of the molecule is COc1ccc2c(c1)C(N)(c1cccc(F)c1)CCC2. The molecule has 0 saturated carbocycles. The third-order valence-electron chi connectivity index (χ3n) is 4.15. The number of hydrogen-bond donors (Lipinski definition) is 1. The normalized spacial score (nSPS) is 21.4. The van der Waals surface area contributed by atoms with E-state index >= 15 is 0 Å². The van der Waals surface area contributed by atoms with Crippen LogP contribution in [0.1, 0.15) is 29.5 Å². The summed E-state index contributed by atoms with van der Waals surface area (Å²) in [7, 11) is 1.64. The Kier molecular flexibility index (Phi) is 3.22. The van der Waals surface area contributed by atoms with Gasteiger partial charge in [0.05, 0.1) is 12.6 Å². The fourth-order valence-corrected chi connectivity index (χ4v) is 3.07. The molecule has 104 valence electrons. The molecule has 0 aliphatic heterocycles. The van der Waals surface area contributed by atoms with Gasteiger partial charge in [-0.2, -0.15) is 0 Å². The topological polar surface area (TPSA) is 35.2 Å². The number of benzene rings is 2. The van der Waals surface area contributed by atoms with Crippen molar-refractivity contribution >= 4 is 0 Å². The molecule has 1 atom stereocenters. The Labute approximate surface area is 118 Å². The van der Waals surface area contributed by atoms with Crippen molar-refractivity contribution in [3.63, 3.8) is 0 Å². The second-order valence-electron chi connectivity index (χ2n) is 5.36. The van der Waals surface area contributed by atoms with Gasteiger partial charge < -0.3 is 10.5 Å². The van der Waals surface area contributed by atoms with Gasteiger partial charge in [-0.15, -0.1) is 0 Å². The van der Waals surface area contributed by atoms with Gasteiger partial charge in [0.25, 0.3) is 0 Å². The van der Waals surface area contributed by atoms with E-state index in [2.05, 4.69) is 6.07 Å². The van der Waals surface area contributed by atoms with Crippen molar-refractivity contribution < 1.29 is 9.13 Å². The van der Waals surface area contributed by atoms with E-state index in [9.17, 15) is 4.39 Å². The van der Waals surface area contributed by atoms with E-state index in [-0.39, 0.29) is 5.82 Å². The molecule has 0 amide bonds. The van der Waals surface area contributed by atoms with E-state index in [0.717, 1.165) is 36.1 Å². The highest BCUT2D eigenvalue weighted by molar-refractivity contribution is 5.47. The van der Waals surface area contributed by atoms with Crippen molar-refractivity contribution in [3.8, 4) is 5.75 Å². The summed E-state index contributed by atoms with van der Waals surface area (Å²) < 4.78 is 18.8. The van der Waals surface area contributed by atoms with Gasteiger partial charge in [-0.3, -0.25) is 0 Å². The molecule has 2 nitrogen and oxygen atoms in total. The van der Waals surface area contributed by atoms with Gasteiger partial charge in [-0.1, -0.05) is 18.2 Å². The minimum absolute atomic E-state index is 0.248. The van der Waals surface area contributed by atoms with E-state index < -0.39 is 5.54 Å². The van der Waals surface area contributed by atoms with Crippen LogP contribution in [0.5, 0.6) is 5.75 Å². The smallest absolute Gasteiger partial charge is 0.123 e. The molecule has 0 bridgehead atoms. The number of rotatable bonds is 2. The predicted molar refractivity (Wildman–Crippen MR) is 77.3 cm³/mol. The number of halogens is 1. The molecule has 2 aromatic carbocycles. The summed E-state index contributed by atoms with van der Waals surface area (Å²) in [5.41, 5.74) is 9.13. The molecule has 0 radical (unpaired) electrons. The molecule has 3 heteroatoms. The number of nitrogens with two attached hydrogens (primary N) is 1. The Morgan fingerprint density at radius 3 is 2.80 bits per heavy atom. The second-order valence-corrected chi connectivity index (χ2v) is 5.36. The molecule has 20 heavy (non-hydrogen) atoms. The molecule has 0 saturated heterocycles. The Balaban J connectivity index is 2.16. The van der Waals surface area contributed by atoms with Crippen molar-refractivity contribution in [2.75, 3.05) is 7.11 Å². The molecule has 1 unspecified atom stereocenters. The Morgan fingerprint density at radius 2 is 2.05 bits per heavy atom. The van der Waals surface area contributed by atoms with Crippen molar-refractivity contribution in [1.82, 2.24) is 0 Å². The average molecular weight is 271 g/mol. The van der Waals surface area contributed by atoms with E-state index in [0.29, 0.717) is 0 Å². The molecule has 2 N–H and O–H groups in total. The van der Waals surface area contributed by atoms with E-state index in [1.165, 1.54) is 17.7 Å². The molecule has 0 spiro atoms. The number of hydrogen-bond acceptors (Lipinski definition) is 2. The maximum atomic E-state index is 13.5. The fourth-order valence-electron chi connectivity index (χ4n) is 3.07. The number of ether oxygens (including phenoxy) is 1. The maximum Gasteiger partial charge on any atom is 0.123 e. The molecule has 1 aliphatic carbocycles. The van der Waals surface area contributed by atoms with Gasteiger partial charge in [-0.25, -0.2) is 4.39 Å². The quantitative estimate of drug-likeness (QED) is 0.909. The van der Waals surface area contributed by atoms with Crippen LogP contribution in [0.25, 0.3) is 0 Å². The molecule has 2 aromatic rings. The van der Waals surface area contributed by atoms with Crippen molar-refractivity contribution in [3.05, 3.63) is 65.0 Å². The summed E-state index contributed by atoms with van der Waals surface area (Å²) in [5, 5.41) is 0. The van der Waals surface area contributed by atoms with Crippen LogP contribution in [0.2, 0.25) is 0 Å². The third kappa shape index (κ3) is 2.08. The van der Waals surface area contributed by atoms with E-state index in [1.54, 1.807) is 13.2 Å². The van der Waals surface area contributed by atoms with E-state index in [1.807, 2.05) is 18.2 Å². The second kappa shape index (κ2) is 4.91. The van der Waals surface area contributed by atoms with Crippen LogP contribution in [0, 0.1) is 5.82 Å². The summed E-state index contributed by atoms with van der Waals surface area (Å²) in [6.07, 6.45) is 2.83. The van der Waals surface area contributed by atoms with Gasteiger partial charge in [0.2, 0.25) is 0 Å². The summed E-state index contributed by atoms with van der Waals surface area (Å²) >= 11 is 0. The van der Waals surface area contributed by atoms with Crippen molar-refractivity contribution in [2.24, 2.45) is 5.73 Å². The molecule has 3 rings (SSSR count). The number of methoxy groups -OCH3 is 1. The lowest BCUT2D eigenvalue weighted by Gasteiger charge is -2.36. The van der Waals surface area contributed by atoms with Gasteiger partial charge in [0.1, 0.15) is 11.6 Å². The number of fused-ring (bicyclic) bond motifs is 1. The lowest BCUT2D eigenvalue weighted by molar-refractivity contribution is 0.404. The van der Waals surface area contributed by atoms with Gasteiger partial charge in [0, 0.05) is 0 Å². The van der Waals surface area contributed by atoms with Crippen LogP contribution in [-0.4, -0.2) is 7.11 Å². The largest absolute Gasteiger partial charge is 0.497 e. The van der Waals surface area contributed by atoms with Gasteiger partial charge in [-0.05, 0) is 60.2 Å². The minimum Gasteiger partial charge on any atom is -0.497 e. The fraction of sp³-hybridized carbons (Fsp3) is 0.294. The Hall–Kier alpha value is -1.87. The van der Waals surface area contributed by atoms with Gasteiger partial charge >= 0.3 is 0 Å². The van der Waals surface area contributed by atoms with Crippen LogP contribution in [0.4, 0.5) is 4.39 Å². The summed E-state index contributed by atoms with van der Waals surface area (Å²) in [6.45, 7) is 0. The first-order chi connectivity index (χ1) is 9.63. The van der Waals surface area contributed by atoms with Crippen LogP contribution < -0.4 is 10.5 Å². The lowest BCUT2D eigenvalue weighted by Crippen LogP contribution is -2.41. The molecule has 0 fully saturated rings. The summed E-state index contributed by atoms with van der Waals surface area (Å²) in [4.78, 5) is 0. The summed E-state index contributed by atoms with van der Waals surface area (Å²) in [6, 6.07) is 12.6. The highest BCUT2D eigenvalue weighted by atomic mass is 19.1. The van der Waals surface area contributed by atoms with Crippen molar-refractivity contribution in [1.29, 1.82) is 0 Å². The highest BCUT2D eigenvalue weighted by Crippen LogP contribution is 2.40.